The van der Waals surface area contributed by atoms with Crippen LogP contribution >= 0.6 is 31.9 Å². The molecule has 6 nitrogen and oxygen atoms in total. The summed E-state index contributed by atoms with van der Waals surface area (Å²) in [5.41, 5.74) is 12.1. The number of primary amides is 1. The number of benzene rings is 1. The van der Waals surface area contributed by atoms with Crippen molar-refractivity contribution in [2.75, 3.05) is 31.5 Å². The first kappa shape index (κ1) is 30.9. The van der Waals surface area contributed by atoms with E-state index in [2.05, 4.69) is 62.7 Å². The number of likely N-dealkylation sites (tertiary alicyclic amines) is 2. The minimum Gasteiger partial charge on any atom is -0.351 e. The molecule has 0 saturated carbocycles. The SMILES string of the molecule is CC.CC1=C(N=CCBr)C(C2CCN(C(=O)CC3CCN(C(N)=O)CC3)CC2)c2c(Br)cc(C)cc2CC1. The van der Waals surface area contributed by atoms with Gasteiger partial charge in [0.1, 0.15) is 0 Å². The summed E-state index contributed by atoms with van der Waals surface area (Å²) in [6.45, 7) is 11.3. The Morgan fingerprint density at radius 1 is 1.03 bits per heavy atom. The molecule has 2 saturated heterocycles. The first-order valence-electron chi connectivity index (χ1n) is 14.2. The molecular formula is C30H44Br2N4O2. The predicted molar refractivity (Wildman–Crippen MR) is 164 cm³/mol. The molecule has 0 radical (unpaired) electrons. The molecular weight excluding hydrogens is 608 g/mol. The van der Waals surface area contributed by atoms with Crippen LogP contribution in [-0.4, -0.2) is 59.5 Å². The quantitative estimate of drug-likeness (QED) is 0.276. The van der Waals surface area contributed by atoms with Gasteiger partial charge in [0.2, 0.25) is 5.91 Å². The number of carbonyl (C=O) groups excluding carboxylic acids is 2. The van der Waals surface area contributed by atoms with Crippen molar-refractivity contribution < 1.29 is 9.59 Å². The summed E-state index contributed by atoms with van der Waals surface area (Å²) in [7, 11) is 0. The van der Waals surface area contributed by atoms with Crippen LogP contribution in [0.1, 0.15) is 81.9 Å². The summed E-state index contributed by atoms with van der Waals surface area (Å²) in [5.74, 6) is 1.28. The van der Waals surface area contributed by atoms with E-state index < -0.39 is 0 Å². The molecule has 1 aromatic rings. The van der Waals surface area contributed by atoms with E-state index >= 15 is 0 Å². The number of amides is 3. The maximum Gasteiger partial charge on any atom is 0.314 e. The maximum absolute atomic E-state index is 13.1. The molecule has 3 aliphatic rings. The smallest absolute Gasteiger partial charge is 0.314 e. The first-order valence-corrected chi connectivity index (χ1v) is 16.1. The molecule has 0 aromatic heterocycles. The average molecular weight is 653 g/mol. The molecule has 1 aromatic carbocycles. The number of aliphatic imine (C=N–C) groups is 1. The van der Waals surface area contributed by atoms with E-state index in [0.29, 0.717) is 31.3 Å². The van der Waals surface area contributed by atoms with Crippen LogP contribution < -0.4 is 5.73 Å². The summed E-state index contributed by atoms with van der Waals surface area (Å²) in [6.07, 6.45) is 8.30. The molecule has 2 fully saturated rings. The van der Waals surface area contributed by atoms with E-state index in [0.717, 1.165) is 56.9 Å². The van der Waals surface area contributed by atoms with E-state index in [1.807, 2.05) is 20.1 Å². The number of alkyl halides is 1. The van der Waals surface area contributed by atoms with Crippen LogP contribution in [0.25, 0.3) is 0 Å². The summed E-state index contributed by atoms with van der Waals surface area (Å²) >= 11 is 7.42. The lowest BCUT2D eigenvalue weighted by Crippen LogP contribution is -2.44. The van der Waals surface area contributed by atoms with Crippen LogP contribution in [0.5, 0.6) is 0 Å². The first-order chi connectivity index (χ1) is 18.3. The van der Waals surface area contributed by atoms with Crippen LogP contribution in [0.4, 0.5) is 4.79 Å². The number of halogens is 2. The molecule has 0 spiro atoms. The van der Waals surface area contributed by atoms with Gasteiger partial charge >= 0.3 is 6.03 Å². The molecule has 210 valence electrons. The van der Waals surface area contributed by atoms with Crippen LogP contribution in [-0.2, 0) is 11.2 Å². The van der Waals surface area contributed by atoms with Crippen molar-refractivity contribution in [1.82, 2.24) is 9.80 Å². The number of aryl methyl sites for hydroxylation is 2. The van der Waals surface area contributed by atoms with Gasteiger partial charge in [0.15, 0.2) is 0 Å². The lowest BCUT2D eigenvalue weighted by molar-refractivity contribution is -0.134. The standard InChI is InChI=1S/C28H38Br2N4O2.C2H6/c1-18-15-22-4-3-19(2)27(32-10-9-29)26(25(22)23(30)16-18)21-7-13-33(14-8-21)24(35)17-20-5-11-34(12-6-20)28(31)36;1-2/h10,15-16,20-21,26H,3-9,11-14,17H2,1-2H3,(H2,31,36);1-2H3. The number of hydrogen-bond donors (Lipinski definition) is 1. The fourth-order valence-corrected chi connectivity index (χ4v) is 7.24. The summed E-state index contributed by atoms with van der Waals surface area (Å²) < 4.78 is 1.18. The number of carbonyl (C=O) groups is 2. The van der Waals surface area contributed by atoms with Crippen molar-refractivity contribution in [1.29, 1.82) is 0 Å². The Hall–Kier alpha value is -1.67. The molecule has 2 N–H and O–H groups in total. The summed E-state index contributed by atoms with van der Waals surface area (Å²) in [6, 6.07) is 4.23. The van der Waals surface area contributed by atoms with E-state index in [-0.39, 0.29) is 17.9 Å². The third kappa shape index (κ3) is 7.50. The van der Waals surface area contributed by atoms with Gasteiger partial charge in [-0.05, 0) is 87.0 Å². The van der Waals surface area contributed by atoms with Crippen LogP contribution in [0.15, 0.2) is 32.9 Å². The Morgan fingerprint density at radius 2 is 1.66 bits per heavy atom. The Kier molecular flexibility index (Phi) is 11.9. The fourth-order valence-electron chi connectivity index (χ4n) is 6.23. The van der Waals surface area contributed by atoms with Gasteiger partial charge in [0, 0.05) is 60.2 Å². The molecule has 2 heterocycles. The maximum atomic E-state index is 13.1. The van der Waals surface area contributed by atoms with E-state index in [1.54, 1.807) is 4.90 Å². The molecule has 1 aliphatic carbocycles. The Balaban J connectivity index is 0.00000195. The number of rotatable bonds is 5. The fraction of sp³-hybridized carbons (Fsp3) is 0.633. The minimum absolute atomic E-state index is 0.239. The molecule has 4 rings (SSSR count). The molecule has 3 amide bonds. The largest absolute Gasteiger partial charge is 0.351 e. The van der Waals surface area contributed by atoms with Gasteiger partial charge in [-0.25, -0.2) is 4.79 Å². The van der Waals surface area contributed by atoms with Crippen molar-refractivity contribution in [3.63, 3.8) is 0 Å². The lowest BCUT2D eigenvalue weighted by atomic mass is 9.76. The van der Waals surface area contributed by atoms with Crippen molar-refractivity contribution in [2.45, 2.75) is 78.6 Å². The van der Waals surface area contributed by atoms with E-state index in [9.17, 15) is 9.59 Å². The second-order valence-corrected chi connectivity index (χ2v) is 12.1. The molecule has 38 heavy (non-hydrogen) atoms. The highest BCUT2D eigenvalue weighted by Gasteiger charge is 2.36. The lowest BCUT2D eigenvalue weighted by Gasteiger charge is -2.38. The third-order valence-electron chi connectivity index (χ3n) is 8.22. The van der Waals surface area contributed by atoms with Crippen molar-refractivity contribution in [3.05, 3.63) is 44.6 Å². The second kappa shape index (κ2) is 14.6. The van der Waals surface area contributed by atoms with Gasteiger partial charge in [0.25, 0.3) is 0 Å². The van der Waals surface area contributed by atoms with E-state index in [4.69, 9.17) is 10.7 Å². The van der Waals surface area contributed by atoms with Crippen molar-refractivity contribution in [3.8, 4) is 0 Å². The highest BCUT2D eigenvalue weighted by Crippen LogP contribution is 2.47. The number of nitrogens with zero attached hydrogens (tertiary/aromatic N) is 3. The van der Waals surface area contributed by atoms with Crippen molar-refractivity contribution >= 4 is 50.0 Å². The zero-order valence-electron chi connectivity index (χ0n) is 23.4. The molecule has 1 unspecified atom stereocenters. The van der Waals surface area contributed by atoms with Gasteiger partial charge in [0.05, 0.1) is 0 Å². The molecule has 0 bridgehead atoms. The zero-order valence-corrected chi connectivity index (χ0v) is 26.6. The molecule has 1 atom stereocenters. The normalized spacial score (nSPS) is 21.2. The number of hydrogen-bond acceptors (Lipinski definition) is 3. The van der Waals surface area contributed by atoms with Crippen LogP contribution in [0.2, 0.25) is 0 Å². The number of nitrogens with two attached hydrogens (primary N) is 1. The van der Waals surface area contributed by atoms with Crippen LogP contribution in [0, 0.1) is 18.8 Å². The Morgan fingerprint density at radius 3 is 2.26 bits per heavy atom. The van der Waals surface area contributed by atoms with Crippen molar-refractivity contribution in [2.24, 2.45) is 22.6 Å². The highest BCUT2D eigenvalue weighted by molar-refractivity contribution is 9.10. The van der Waals surface area contributed by atoms with Gasteiger partial charge in [-0.2, -0.15) is 0 Å². The van der Waals surface area contributed by atoms with Crippen LogP contribution in [0.3, 0.4) is 0 Å². The topological polar surface area (TPSA) is 79.0 Å². The number of piperidine rings is 2. The average Bonchev–Trinajstić information content (AvgIpc) is 3.05. The second-order valence-electron chi connectivity index (χ2n) is 10.6. The molecule has 2 aliphatic heterocycles. The predicted octanol–water partition coefficient (Wildman–Crippen LogP) is 6.97. The van der Waals surface area contributed by atoms with Gasteiger partial charge < -0.3 is 15.5 Å². The third-order valence-corrected chi connectivity index (χ3v) is 9.17. The zero-order chi connectivity index (χ0) is 27.8. The van der Waals surface area contributed by atoms with Gasteiger partial charge in [-0.15, -0.1) is 0 Å². The Labute approximate surface area is 245 Å². The minimum atomic E-state index is -0.354. The molecule has 8 heteroatoms. The highest BCUT2D eigenvalue weighted by atomic mass is 79.9. The monoisotopic (exact) mass is 650 g/mol. The number of urea groups is 1. The van der Waals surface area contributed by atoms with E-state index in [1.165, 1.54) is 32.4 Å². The number of allylic oxidation sites excluding steroid dienone is 2. The summed E-state index contributed by atoms with van der Waals surface area (Å²) in [4.78, 5) is 33.3. The Bertz CT molecular complexity index is 1040. The van der Waals surface area contributed by atoms with Gasteiger partial charge in [-0.3, -0.25) is 9.79 Å². The summed E-state index contributed by atoms with van der Waals surface area (Å²) in [5, 5.41) is 0.740. The number of fused-ring (bicyclic) bond motifs is 1. The van der Waals surface area contributed by atoms with Gasteiger partial charge in [-0.1, -0.05) is 57.3 Å².